The topological polar surface area (TPSA) is 106 Å². The highest BCUT2D eigenvalue weighted by atomic mass is 16.2. The average molecular weight is 429 g/mol. The fourth-order valence-electron chi connectivity index (χ4n) is 3.95. The van der Waals surface area contributed by atoms with Gasteiger partial charge in [-0.1, -0.05) is 12.1 Å². The van der Waals surface area contributed by atoms with Crippen LogP contribution in [0.3, 0.4) is 0 Å². The zero-order valence-corrected chi connectivity index (χ0v) is 18.3. The molecule has 3 amide bonds. The third-order valence-corrected chi connectivity index (χ3v) is 5.78. The maximum Gasteiger partial charge on any atom is 0.261 e. The Morgan fingerprint density at radius 2 is 1.74 bits per heavy atom. The number of likely N-dealkylation sites (tertiary alicyclic amines) is 1. The van der Waals surface area contributed by atoms with Crippen molar-refractivity contribution in [1.29, 1.82) is 0 Å². The Balaban J connectivity index is 1.33. The molecule has 1 saturated heterocycles. The summed E-state index contributed by atoms with van der Waals surface area (Å²) in [5, 5.41) is 9.41. The van der Waals surface area contributed by atoms with Gasteiger partial charge in [-0.25, -0.2) is 0 Å². The van der Waals surface area contributed by atoms with E-state index in [1.165, 1.54) is 4.90 Å². The summed E-state index contributed by atoms with van der Waals surface area (Å²) in [7, 11) is 3.40. The van der Waals surface area contributed by atoms with Gasteiger partial charge in [0, 0.05) is 46.3 Å². The highest BCUT2D eigenvalue weighted by Crippen LogP contribution is 2.22. The number of carbonyl (C=O) groups excluding carboxylic acids is 3. The van der Waals surface area contributed by atoms with E-state index in [0.29, 0.717) is 36.8 Å². The van der Waals surface area contributed by atoms with Crippen LogP contribution in [0.1, 0.15) is 46.4 Å². The van der Waals surface area contributed by atoms with E-state index in [1.54, 1.807) is 38.4 Å². The summed E-state index contributed by atoms with van der Waals surface area (Å²) in [5.41, 5.74) is 0.994. The number of nitrogens with one attached hydrogen (secondary N) is 3. The number of piperidine rings is 1. The molecule has 1 aromatic carbocycles. The normalized spacial score (nSPS) is 17.6. The molecule has 0 unspecified atom stereocenters. The van der Waals surface area contributed by atoms with Gasteiger partial charge in [0.2, 0.25) is 5.91 Å². The SMILES string of the molecule is CN=C(NCCCCN1C(=O)c2ccccc2C1=O)NC1CCN(CC(=O)NC)CC1. The monoisotopic (exact) mass is 428 g/mol. The second-order valence-electron chi connectivity index (χ2n) is 7.88. The van der Waals surface area contributed by atoms with E-state index < -0.39 is 0 Å². The van der Waals surface area contributed by atoms with Gasteiger partial charge >= 0.3 is 0 Å². The lowest BCUT2D eigenvalue weighted by molar-refractivity contribution is -0.122. The molecule has 1 fully saturated rings. The van der Waals surface area contributed by atoms with Gasteiger partial charge in [0.05, 0.1) is 17.7 Å². The number of carbonyl (C=O) groups is 3. The molecule has 0 saturated carbocycles. The van der Waals surface area contributed by atoms with Crippen molar-refractivity contribution < 1.29 is 14.4 Å². The quantitative estimate of drug-likeness (QED) is 0.240. The Labute approximate surface area is 183 Å². The standard InChI is InChI=1S/C22H32N6O3/c1-23-19(29)15-27-13-9-16(10-14-27)26-22(24-2)25-11-5-6-12-28-20(30)17-7-3-4-8-18(17)21(28)31/h3-4,7-8,16H,5-6,9-15H2,1-2H3,(H,23,29)(H2,24,25,26). The van der Waals surface area contributed by atoms with Gasteiger partial charge in [0.15, 0.2) is 5.96 Å². The largest absolute Gasteiger partial charge is 0.358 e. The maximum atomic E-state index is 12.4. The molecule has 168 valence electrons. The van der Waals surface area contributed by atoms with E-state index in [-0.39, 0.29) is 17.7 Å². The van der Waals surface area contributed by atoms with Crippen LogP contribution in [0.5, 0.6) is 0 Å². The van der Waals surface area contributed by atoms with Crippen molar-refractivity contribution in [3.8, 4) is 0 Å². The molecule has 2 aliphatic rings. The minimum absolute atomic E-state index is 0.0464. The van der Waals surface area contributed by atoms with Gasteiger partial charge in [-0.05, 0) is 37.8 Å². The second-order valence-corrected chi connectivity index (χ2v) is 7.88. The van der Waals surface area contributed by atoms with Gasteiger partial charge in [-0.15, -0.1) is 0 Å². The number of amides is 3. The van der Waals surface area contributed by atoms with Crippen molar-refractivity contribution in [3.05, 3.63) is 35.4 Å². The molecule has 9 heteroatoms. The van der Waals surface area contributed by atoms with Crippen molar-refractivity contribution >= 4 is 23.7 Å². The van der Waals surface area contributed by atoms with Gasteiger partial charge in [-0.3, -0.25) is 29.2 Å². The number of guanidine groups is 1. The van der Waals surface area contributed by atoms with Crippen molar-refractivity contribution in [2.45, 2.75) is 31.7 Å². The molecule has 9 nitrogen and oxygen atoms in total. The number of aliphatic imine (C=N–C) groups is 1. The smallest absolute Gasteiger partial charge is 0.261 e. The summed E-state index contributed by atoms with van der Waals surface area (Å²) in [6.07, 6.45) is 3.46. The fraction of sp³-hybridized carbons (Fsp3) is 0.545. The molecule has 0 spiro atoms. The second kappa shape index (κ2) is 10.9. The molecule has 1 aromatic rings. The minimum atomic E-state index is -0.200. The van der Waals surface area contributed by atoms with Crippen molar-refractivity contribution in [2.24, 2.45) is 4.99 Å². The lowest BCUT2D eigenvalue weighted by atomic mass is 10.1. The van der Waals surface area contributed by atoms with Crippen LogP contribution in [0.4, 0.5) is 0 Å². The van der Waals surface area contributed by atoms with Crippen LogP contribution in [-0.4, -0.2) is 86.3 Å². The summed E-state index contributed by atoms with van der Waals surface area (Å²) in [5.74, 6) is 0.401. The van der Waals surface area contributed by atoms with Gasteiger partial charge < -0.3 is 16.0 Å². The number of likely N-dealkylation sites (N-methyl/N-ethyl adjacent to an activating group) is 1. The number of hydrogen-bond donors (Lipinski definition) is 3. The Morgan fingerprint density at radius 3 is 2.32 bits per heavy atom. The van der Waals surface area contributed by atoms with E-state index >= 15 is 0 Å². The first-order valence-electron chi connectivity index (χ1n) is 10.9. The molecule has 2 aliphatic heterocycles. The number of rotatable bonds is 8. The number of fused-ring (bicyclic) bond motifs is 1. The first-order valence-corrected chi connectivity index (χ1v) is 10.9. The highest BCUT2D eigenvalue weighted by molar-refractivity contribution is 6.21. The molecular formula is C22H32N6O3. The van der Waals surface area contributed by atoms with E-state index in [2.05, 4.69) is 25.8 Å². The molecule has 2 heterocycles. The molecular weight excluding hydrogens is 396 g/mol. The molecule has 0 radical (unpaired) electrons. The summed E-state index contributed by atoms with van der Waals surface area (Å²) in [6, 6.07) is 7.29. The number of benzene rings is 1. The Morgan fingerprint density at radius 1 is 1.10 bits per heavy atom. The minimum Gasteiger partial charge on any atom is -0.358 e. The maximum absolute atomic E-state index is 12.4. The highest BCUT2D eigenvalue weighted by Gasteiger charge is 2.34. The van der Waals surface area contributed by atoms with Gasteiger partial charge in [0.25, 0.3) is 11.8 Å². The third kappa shape index (κ3) is 5.81. The van der Waals surface area contributed by atoms with Crippen LogP contribution < -0.4 is 16.0 Å². The third-order valence-electron chi connectivity index (χ3n) is 5.78. The van der Waals surface area contributed by atoms with Gasteiger partial charge in [-0.2, -0.15) is 0 Å². The van der Waals surface area contributed by atoms with E-state index in [4.69, 9.17) is 0 Å². The molecule has 31 heavy (non-hydrogen) atoms. The van der Waals surface area contributed by atoms with E-state index in [0.717, 1.165) is 44.7 Å². The number of imide groups is 1. The fourth-order valence-corrected chi connectivity index (χ4v) is 3.95. The van der Waals surface area contributed by atoms with Crippen molar-refractivity contribution in [3.63, 3.8) is 0 Å². The zero-order valence-electron chi connectivity index (χ0n) is 18.3. The molecule has 0 bridgehead atoms. The molecule has 0 aromatic heterocycles. The number of hydrogen-bond acceptors (Lipinski definition) is 5. The molecule has 0 aliphatic carbocycles. The summed E-state index contributed by atoms with van der Waals surface area (Å²) >= 11 is 0. The number of unbranched alkanes of at least 4 members (excludes halogenated alkanes) is 1. The Hall–Kier alpha value is -2.94. The number of nitrogens with zero attached hydrogens (tertiary/aromatic N) is 3. The van der Waals surface area contributed by atoms with Crippen LogP contribution in [0.2, 0.25) is 0 Å². The summed E-state index contributed by atoms with van der Waals surface area (Å²) in [6.45, 7) is 3.33. The Kier molecular flexibility index (Phi) is 8.00. The lowest BCUT2D eigenvalue weighted by Crippen LogP contribution is -2.50. The van der Waals surface area contributed by atoms with Crippen LogP contribution in [-0.2, 0) is 4.79 Å². The zero-order chi connectivity index (χ0) is 22.2. The van der Waals surface area contributed by atoms with E-state index in [9.17, 15) is 14.4 Å². The van der Waals surface area contributed by atoms with Crippen LogP contribution in [0.25, 0.3) is 0 Å². The molecule has 3 rings (SSSR count). The summed E-state index contributed by atoms with van der Waals surface area (Å²) in [4.78, 5) is 44.0. The predicted molar refractivity (Wildman–Crippen MR) is 119 cm³/mol. The average Bonchev–Trinajstić information content (AvgIpc) is 3.04. The predicted octanol–water partition coefficient (Wildman–Crippen LogP) is 0.438. The first kappa shape index (κ1) is 22.7. The molecule has 3 N–H and O–H groups in total. The van der Waals surface area contributed by atoms with Crippen LogP contribution >= 0.6 is 0 Å². The van der Waals surface area contributed by atoms with E-state index in [1.807, 2.05) is 0 Å². The van der Waals surface area contributed by atoms with Crippen molar-refractivity contribution in [1.82, 2.24) is 25.8 Å². The van der Waals surface area contributed by atoms with Gasteiger partial charge in [0.1, 0.15) is 0 Å². The van der Waals surface area contributed by atoms with Crippen molar-refractivity contribution in [2.75, 3.05) is 46.8 Å². The lowest BCUT2D eigenvalue weighted by Gasteiger charge is -2.32. The van der Waals surface area contributed by atoms with Crippen LogP contribution in [0, 0.1) is 0 Å². The van der Waals surface area contributed by atoms with Crippen LogP contribution in [0.15, 0.2) is 29.3 Å². The first-order chi connectivity index (χ1) is 15.0. The molecule has 0 atom stereocenters. The Bertz CT molecular complexity index is 797. The summed E-state index contributed by atoms with van der Waals surface area (Å²) < 4.78 is 0.